The van der Waals surface area contributed by atoms with Crippen molar-refractivity contribution in [3.8, 4) is 0 Å². The summed E-state index contributed by atoms with van der Waals surface area (Å²) in [7, 11) is 0. The van der Waals surface area contributed by atoms with Crippen LogP contribution in [0.4, 0.5) is 4.39 Å². The average molecular weight is 177 g/mol. The minimum Gasteiger partial charge on any atom is -0.446 e. The second kappa shape index (κ2) is 3.39. The molecule has 2 rings (SSSR count). The van der Waals surface area contributed by atoms with Crippen molar-refractivity contribution in [1.29, 1.82) is 0 Å². The van der Waals surface area contributed by atoms with E-state index in [-0.39, 0.29) is 5.89 Å². The summed E-state index contributed by atoms with van der Waals surface area (Å²) in [6, 6.07) is 8.81. The van der Waals surface area contributed by atoms with E-state index in [0.29, 0.717) is 5.56 Å². The molecule has 1 aromatic carbocycles. The van der Waals surface area contributed by atoms with Gasteiger partial charge in [0, 0.05) is 0 Å². The monoisotopic (exact) mass is 177 g/mol. The van der Waals surface area contributed by atoms with E-state index < -0.39 is 6.17 Å². The molecule has 1 heterocycles. The second-order valence-corrected chi connectivity index (χ2v) is 2.64. The number of benzene rings is 1. The Labute approximate surface area is 75.0 Å². The van der Waals surface area contributed by atoms with Crippen molar-refractivity contribution in [3.05, 3.63) is 54.2 Å². The van der Waals surface area contributed by atoms with Gasteiger partial charge in [0.15, 0.2) is 0 Å². The maximum Gasteiger partial charge on any atom is 0.233 e. The molecule has 2 aromatic rings. The molecule has 0 aliphatic rings. The molecule has 0 bridgehead atoms. The Balaban J connectivity index is 2.29. The molecular formula is C10H8FNO. The molecule has 0 radical (unpaired) electrons. The van der Waals surface area contributed by atoms with E-state index in [0.717, 1.165) is 0 Å². The van der Waals surface area contributed by atoms with E-state index in [1.54, 1.807) is 24.3 Å². The van der Waals surface area contributed by atoms with Gasteiger partial charge in [0.25, 0.3) is 0 Å². The van der Waals surface area contributed by atoms with Crippen LogP contribution in [0.25, 0.3) is 0 Å². The molecule has 3 heteroatoms. The molecule has 1 unspecified atom stereocenters. The molecular weight excluding hydrogens is 169 g/mol. The Hall–Kier alpha value is -1.64. The number of aromatic nitrogens is 1. The fourth-order valence-corrected chi connectivity index (χ4v) is 1.12. The summed E-state index contributed by atoms with van der Waals surface area (Å²) < 4.78 is 18.4. The summed E-state index contributed by atoms with van der Waals surface area (Å²) in [4.78, 5) is 3.75. The largest absolute Gasteiger partial charge is 0.446 e. The quantitative estimate of drug-likeness (QED) is 0.704. The molecule has 0 N–H and O–H groups in total. The van der Waals surface area contributed by atoms with Crippen molar-refractivity contribution >= 4 is 0 Å². The highest BCUT2D eigenvalue weighted by molar-refractivity contribution is 5.21. The SMILES string of the molecule is FC(c1ccccc1)c1ncco1. The molecule has 1 aromatic heterocycles. The third kappa shape index (κ3) is 1.59. The van der Waals surface area contributed by atoms with E-state index >= 15 is 0 Å². The number of halogens is 1. The maximum atomic E-state index is 13.5. The standard InChI is InChI=1S/C10H8FNO/c11-9(10-12-6-7-13-10)8-4-2-1-3-5-8/h1-7,9H. The molecule has 0 aliphatic heterocycles. The van der Waals surface area contributed by atoms with Crippen molar-refractivity contribution in [2.45, 2.75) is 6.17 Å². The predicted molar refractivity (Wildman–Crippen MR) is 45.9 cm³/mol. The molecule has 0 saturated carbocycles. The smallest absolute Gasteiger partial charge is 0.233 e. The lowest BCUT2D eigenvalue weighted by molar-refractivity contribution is 0.320. The first-order valence-corrected chi connectivity index (χ1v) is 3.96. The highest BCUT2D eigenvalue weighted by atomic mass is 19.1. The molecule has 0 amide bonds. The van der Waals surface area contributed by atoms with Crippen LogP contribution in [-0.2, 0) is 0 Å². The third-order valence-electron chi connectivity index (χ3n) is 1.76. The van der Waals surface area contributed by atoms with Crippen LogP contribution in [0.2, 0.25) is 0 Å². The molecule has 13 heavy (non-hydrogen) atoms. The van der Waals surface area contributed by atoms with Gasteiger partial charge in [0.2, 0.25) is 12.1 Å². The van der Waals surface area contributed by atoms with Gasteiger partial charge >= 0.3 is 0 Å². The Morgan fingerprint density at radius 1 is 1.23 bits per heavy atom. The van der Waals surface area contributed by atoms with Crippen LogP contribution >= 0.6 is 0 Å². The van der Waals surface area contributed by atoms with Gasteiger partial charge in [-0.2, -0.15) is 0 Å². The first-order chi connectivity index (χ1) is 6.38. The Bertz CT molecular complexity index is 358. The normalized spacial score (nSPS) is 12.7. The van der Waals surface area contributed by atoms with Crippen LogP contribution in [0.1, 0.15) is 17.6 Å². The van der Waals surface area contributed by atoms with Crippen molar-refractivity contribution in [2.75, 3.05) is 0 Å². The van der Waals surface area contributed by atoms with Crippen LogP contribution in [0.15, 0.2) is 47.2 Å². The summed E-state index contributed by atoms with van der Waals surface area (Å²) in [6.45, 7) is 0. The van der Waals surface area contributed by atoms with Gasteiger partial charge in [0.05, 0.1) is 6.20 Å². The number of hydrogen-bond donors (Lipinski definition) is 0. The lowest BCUT2D eigenvalue weighted by Crippen LogP contribution is -1.93. The molecule has 66 valence electrons. The van der Waals surface area contributed by atoms with E-state index in [4.69, 9.17) is 4.42 Å². The summed E-state index contributed by atoms with van der Waals surface area (Å²) in [6.07, 6.45) is 1.53. The van der Waals surface area contributed by atoms with Gasteiger partial charge < -0.3 is 4.42 Å². The van der Waals surface area contributed by atoms with E-state index in [2.05, 4.69) is 4.98 Å². The Morgan fingerprint density at radius 2 is 2.00 bits per heavy atom. The van der Waals surface area contributed by atoms with E-state index in [1.165, 1.54) is 12.5 Å². The third-order valence-corrected chi connectivity index (χ3v) is 1.76. The fourth-order valence-electron chi connectivity index (χ4n) is 1.12. The highest BCUT2D eigenvalue weighted by Gasteiger charge is 2.15. The number of oxazole rings is 1. The van der Waals surface area contributed by atoms with Gasteiger partial charge in [-0.1, -0.05) is 30.3 Å². The minimum atomic E-state index is -1.27. The number of alkyl halides is 1. The van der Waals surface area contributed by atoms with Crippen LogP contribution in [0, 0.1) is 0 Å². The highest BCUT2D eigenvalue weighted by Crippen LogP contribution is 2.23. The topological polar surface area (TPSA) is 26.0 Å². The van der Waals surface area contributed by atoms with Crippen LogP contribution < -0.4 is 0 Å². The zero-order valence-corrected chi connectivity index (χ0v) is 6.85. The fraction of sp³-hybridized carbons (Fsp3) is 0.100. The average Bonchev–Trinajstić information content (AvgIpc) is 2.71. The summed E-state index contributed by atoms with van der Waals surface area (Å²) in [5.41, 5.74) is 0.560. The number of rotatable bonds is 2. The van der Waals surface area contributed by atoms with Crippen LogP contribution in [-0.4, -0.2) is 4.98 Å². The maximum absolute atomic E-state index is 13.5. The molecule has 0 aliphatic carbocycles. The molecule has 0 spiro atoms. The first kappa shape index (κ1) is 7.98. The zero-order chi connectivity index (χ0) is 9.10. The van der Waals surface area contributed by atoms with Gasteiger partial charge in [-0.3, -0.25) is 0 Å². The van der Waals surface area contributed by atoms with E-state index in [9.17, 15) is 4.39 Å². The molecule has 1 atom stereocenters. The predicted octanol–water partition coefficient (Wildman–Crippen LogP) is 2.73. The van der Waals surface area contributed by atoms with Gasteiger partial charge in [0.1, 0.15) is 6.26 Å². The van der Waals surface area contributed by atoms with Gasteiger partial charge in [-0.05, 0) is 5.56 Å². The lowest BCUT2D eigenvalue weighted by Gasteiger charge is -2.02. The van der Waals surface area contributed by atoms with Gasteiger partial charge in [-0.15, -0.1) is 0 Å². The lowest BCUT2D eigenvalue weighted by atomic mass is 10.1. The number of hydrogen-bond acceptors (Lipinski definition) is 2. The van der Waals surface area contributed by atoms with Crippen LogP contribution in [0.3, 0.4) is 0 Å². The van der Waals surface area contributed by atoms with Crippen molar-refractivity contribution in [3.63, 3.8) is 0 Å². The Morgan fingerprint density at radius 3 is 2.62 bits per heavy atom. The zero-order valence-electron chi connectivity index (χ0n) is 6.85. The number of nitrogens with zero attached hydrogens (tertiary/aromatic N) is 1. The minimum absolute atomic E-state index is 0.103. The molecule has 0 saturated heterocycles. The van der Waals surface area contributed by atoms with E-state index in [1.807, 2.05) is 6.07 Å². The first-order valence-electron chi connectivity index (χ1n) is 3.96. The summed E-state index contributed by atoms with van der Waals surface area (Å²) in [5, 5.41) is 0. The molecule has 0 fully saturated rings. The van der Waals surface area contributed by atoms with Crippen molar-refractivity contribution in [1.82, 2.24) is 4.98 Å². The van der Waals surface area contributed by atoms with Crippen molar-refractivity contribution in [2.24, 2.45) is 0 Å². The second-order valence-electron chi connectivity index (χ2n) is 2.64. The summed E-state index contributed by atoms with van der Waals surface area (Å²) >= 11 is 0. The Kier molecular flexibility index (Phi) is 2.08. The molecule has 2 nitrogen and oxygen atoms in total. The summed E-state index contributed by atoms with van der Waals surface area (Å²) in [5.74, 6) is 0.103. The van der Waals surface area contributed by atoms with Gasteiger partial charge in [-0.25, -0.2) is 9.37 Å². The van der Waals surface area contributed by atoms with Crippen molar-refractivity contribution < 1.29 is 8.81 Å². The van der Waals surface area contributed by atoms with Crippen LogP contribution in [0.5, 0.6) is 0 Å².